The van der Waals surface area contributed by atoms with Gasteiger partial charge >= 0.3 is 0 Å². The van der Waals surface area contributed by atoms with Gasteiger partial charge in [-0.15, -0.1) is 0 Å². The minimum atomic E-state index is 0.0583. The molecule has 4 heteroatoms. The molecule has 1 unspecified atom stereocenters. The Hall–Kier alpha value is -1.03. The molecule has 86 valence electrons. The van der Waals surface area contributed by atoms with Crippen LogP contribution in [0.3, 0.4) is 0 Å². The second-order valence-corrected chi connectivity index (χ2v) is 4.67. The highest BCUT2D eigenvalue weighted by Gasteiger charge is 2.07. The van der Waals surface area contributed by atoms with Crippen LogP contribution in [-0.4, -0.2) is 16.3 Å². The van der Waals surface area contributed by atoms with E-state index in [2.05, 4.69) is 25.9 Å². The first-order valence-electron chi connectivity index (χ1n) is 5.51. The van der Waals surface area contributed by atoms with Gasteiger partial charge in [-0.25, -0.2) is 0 Å². The molecular formula is C11H21N3O. The third kappa shape index (κ3) is 3.55. The van der Waals surface area contributed by atoms with Crippen molar-refractivity contribution >= 4 is 0 Å². The van der Waals surface area contributed by atoms with Gasteiger partial charge in [0.2, 0.25) is 0 Å². The van der Waals surface area contributed by atoms with Crippen LogP contribution in [0.25, 0.3) is 0 Å². The maximum atomic E-state index is 11.5. The first kappa shape index (κ1) is 12.0. The Bertz CT molecular complexity index is 351. The van der Waals surface area contributed by atoms with Gasteiger partial charge in [0, 0.05) is 18.3 Å². The summed E-state index contributed by atoms with van der Waals surface area (Å²) in [5.74, 6) is 0.886. The summed E-state index contributed by atoms with van der Waals surface area (Å²) in [5.41, 5.74) is 6.59. The lowest BCUT2D eigenvalue weighted by Crippen LogP contribution is -2.18. The predicted octanol–water partition coefficient (Wildman–Crippen LogP) is 0.970. The summed E-state index contributed by atoms with van der Waals surface area (Å²) in [7, 11) is 0. The fourth-order valence-electron chi connectivity index (χ4n) is 1.55. The summed E-state index contributed by atoms with van der Waals surface area (Å²) < 4.78 is 1.67. The van der Waals surface area contributed by atoms with E-state index < -0.39 is 0 Å². The van der Waals surface area contributed by atoms with Gasteiger partial charge in [0.15, 0.2) is 0 Å². The minimum absolute atomic E-state index is 0.0583. The second-order valence-electron chi connectivity index (χ2n) is 4.67. The third-order valence-corrected chi connectivity index (χ3v) is 2.36. The Morgan fingerprint density at radius 3 is 2.67 bits per heavy atom. The Balaban J connectivity index is 2.72. The van der Waals surface area contributed by atoms with Gasteiger partial charge in [-0.05, 0) is 24.8 Å². The van der Waals surface area contributed by atoms with Crippen molar-refractivity contribution in [1.29, 1.82) is 0 Å². The van der Waals surface area contributed by atoms with Crippen molar-refractivity contribution in [3.63, 3.8) is 0 Å². The number of hydrogen-bond acceptors (Lipinski definition) is 2. The van der Waals surface area contributed by atoms with E-state index >= 15 is 0 Å². The Labute approximate surface area is 90.5 Å². The molecule has 1 rings (SSSR count). The van der Waals surface area contributed by atoms with Crippen LogP contribution in [0, 0.1) is 11.8 Å². The van der Waals surface area contributed by atoms with Gasteiger partial charge < -0.3 is 5.73 Å². The molecular weight excluding hydrogens is 190 g/mol. The molecule has 0 aromatic carbocycles. The number of aromatic nitrogens is 2. The first-order valence-corrected chi connectivity index (χ1v) is 5.51. The lowest BCUT2D eigenvalue weighted by atomic mass is 10.1. The van der Waals surface area contributed by atoms with Crippen molar-refractivity contribution in [2.45, 2.75) is 33.7 Å². The summed E-state index contributed by atoms with van der Waals surface area (Å²) in [6.45, 7) is 7.66. The Kier molecular flexibility index (Phi) is 4.15. The number of aromatic amines is 1. The molecule has 1 aromatic heterocycles. The van der Waals surface area contributed by atoms with Crippen LogP contribution in [0.5, 0.6) is 0 Å². The van der Waals surface area contributed by atoms with Crippen LogP contribution in [0.4, 0.5) is 0 Å². The number of nitrogens with two attached hydrogens (primary N) is 1. The Morgan fingerprint density at radius 1 is 1.47 bits per heavy atom. The monoisotopic (exact) mass is 211 g/mol. The molecule has 1 atom stereocenters. The average Bonchev–Trinajstić information content (AvgIpc) is 2.45. The highest BCUT2D eigenvalue weighted by Crippen LogP contribution is 2.03. The molecule has 0 bridgehead atoms. The number of H-pyrrole nitrogens is 1. The van der Waals surface area contributed by atoms with Crippen molar-refractivity contribution < 1.29 is 0 Å². The zero-order chi connectivity index (χ0) is 11.4. The lowest BCUT2D eigenvalue weighted by Gasteiger charge is -2.07. The molecule has 3 N–H and O–H groups in total. The molecule has 0 spiro atoms. The van der Waals surface area contributed by atoms with Gasteiger partial charge in [0.05, 0.1) is 0 Å². The predicted molar refractivity (Wildman–Crippen MR) is 61.8 cm³/mol. The van der Waals surface area contributed by atoms with Crippen LogP contribution >= 0.6 is 0 Å². The molecule has 0 saturated carbocycles. The SMILES string of the molecule is CC(C)Cn1[nH]c(CC(C)CN)cc1=O. The van der Waals surface area contributed by atoms with Crippen LogP contribution in [-0.2, 0) is 13.0 Å². The van der Waals surface area contributed by atoms with E-state index in [-0.39, 0.29) is 5.56 Å². The van der Waals surface area contributed by atoms with Crippen molar-refractivity contribution in [2.24, 2.45) is 17.6 Å². The lowest BCUT2D eigenvalue weighted by molar-refractivity contribution is 0.466. The number of nitrogens with one attached hydrogen (secondary N) is 1. The number of rotatable bonds is 5. The molecule has 15 heavy (non-hydrogen) atoms. The maximum Gasteiger partial charge on any atom is 0.266 e. The second kappa shape index (κ2) is 5.16. The first-order chi connectivity index (χ1) is 7.02. The summed E-state index contributed by atoms with van der Waals surface area (Å²) in [5, 5.41) is 3.13. The van der Waals surface area contributed by atoms with Crippen molar-refractivity contribution in [2.75, 3.05) is 6.54 Å². The molecule has 0 saturated heterocycles. The minimum Gasteiger partial charge on any atom is -0.330 e. The van der Waals surface area contributed by atoms with Crippen LogP contribution < -0.4 is 11.3 Å². The molecule has 1 aromatic rings. The highest BCUT2D eigenvalue weighted by atomic mass is 16.1. The van der Waals surface area contributed by atoms with E-state index in [9.17, 15) is 4.79 Å². The van der Waals surface area contributed by atoms with E-state index in [0.29, 0.717) is 18.4 Å². The summed E-state index contributed by atoms with van der Waals surface area (Å²) in [4.78, 5) is 11.5. The smallest absolute Gasteiger partial charge is 0.266 e. The van der Waals surface area contributed by atoms with E-state index in [1.54, 1.807) is 10.7 Å². The molecule has 4 nitrogen and oxygen atoms in total. The van der Waals surface area contributed by atoms with E-state index in [1.807, 2.05) is 0 Å². The standard InChI is InChI=1S/C11H21N3O/c1-8(2)7-14-11(15)5-10(13-14)4-9(3)6-12/h5,8-9,13H,4,6-7,12H2,1-3H3. The number of hydrogen-bond donors (Lipinski definition) is 2. The van der Waals surface area contributed by atoms with E-state index in [1.165, 1.54) is 0 Å². The van der Waals surface area contributed by atoms with E-state index in [4.69, 9.17) is 5.73 Å². The van der Waals surface area contributed by atoms with Gasteiger partial charge in [0.25, 0.3) is 5.56 Å². The van der Waals surface area contributed by atoms with Gasteiger partial charge in [-0.3, -0.25) is 14.6 Å². The highest BCUT2D eigenvalue weighted by molar-refractivity contribution is 5.00. The fraction of sp³-hybridized carbons (Fsp3) is 0.727. The van der Waals surface area contributed by atoms with E-state index in [0.717, 1.165) is 18.7 Å². The molecule has 0 aliphatic carbocycles. The summed E-state index contributed by atoms with van der Waals surface area (Å²) >= 11 is 0. The van der Waals surface area contributed by atoms with Crippen molar-refractivity contribution in [1.82, 2.24) is 9.78 Å². The van der Waals surface area contributed by atoms with Gasteiger partial charge in [-0.2, -0.15) is 0 Å². The zero-order valence-electron chi connectivity index (χ0n) is 9.79. The van der Waals surface area contributed by atoms with Crippen LogP contribution in [0.1, 0.15) is 26.5 Å². The average molecular weight is 211 g/mol. The van der Waals surface area contributed by atoms with Gasteiger partial charge in [-0.1, -0.05) is 20.8 Å². The molecule has 0 radical (unpaired) electrons. The fourth-order valence-corrected chi connectivity index (χ4v) is 1.55. The zero-order valence-corrected chi connectivity index (χ0v) is 9.79. The summed E-state index contributed by atoms with van der Waals surface area (Å²) in [6, 6.07) is 1.68. The Morgan fingerprint density at radius 2 is 2.13 bits per heavy atom. The van der Waals surface area contributed by atoms with Crippen LogP contribution in [0.15, 0.2) is 10.9 Å². The largest absolute Gasteiger partial charge is 0.330 e. The van der Waals surface area contributed by atoms with Crippen LogP contribution in [0.2, 0.25) is 0 Å². The van der Waals surface area contributed by atoms with Crippen molar-refractivity contribution in [3.05, 3.63) is 22.1 Å². The normalized spacial score (nSPS) is 13.4. The molecule has 0 amide bonds. The molecule has 0 aliphatic rings. The molecule has 0 fully saturated rings. The molecule has 1 heterocycles. The topological polar surface area (TPSA) is 63.8 Å². The number of nitrogens with zero attached hydrogens (tertiary/aromatic N) is 1. The maximum absolute atomic E-state index is 11.5. The quantitative estimate of drug-likeness (QED) is 0.762. The molecule has 0 aliphatic heterocycles. The van der Waals surface area contributed by atoms with Gasteiger partial charge in [0.1, 0.15) is 0 Å². The summed E-state index contributed by atoms with van der Waals surface area (Å²) in [6.07, 6.45) is 0.844. The third-order valence-electron chi connectivity index (χ3n) is 2.36. The van der Waals surface area contributed by atoms with Crippen molar-refractivity contribution in [3.8, 4) is 0 Å².